The number of benzene rings is 2. The zero-order chi connectivity index (χ0) is 19.4. The molecule has 2 aromatic rings. The average molecular weight is 363 g/mol. The molecule has 0 fully saturated rings. The standard InChI is InChI=1S/C19H19F2NO4/c1-3-14-10(2)16(23)5-4-15(14)17(24)9-22-19(26)18(25)11-6-12(20)8-13(21)7-11/h4-8,18,23,25H,3,9H2,1-2H3,(H,22,26)/t18-/m0/s1. The molecule has 3 N–H and O–H groups in total. The fourth-order valence-corrected chi connectivity index (χ4v) is 2.71. The van der Waals surface area contributed by atoms with Gasteiger partial charge in [0.2, 0.25) is 0 Å². The van der Waals surface area contributed by atoms with Crippen molar-refractivity contribution in [2.45, 2.75) is 26.4 Å². The van der Waals surface area contributed by atoms with Crippen LogP contribution >= 0.6 is 0 Å². The Labute approximate surface area is 149 Å². The van der Waals surface area contributed by atoms with Crippen molar-refractivity contribution in [3.63, 3.8) is 0 Å². The summed E-state index contributed by atoms with van der Waals surface area (Å²) in [6.07, 6.45) is -1.29. The minimum Gasteiger partial charge on any atom is -0.508 e. The van der Waals surface area contributed by atoms with Crippen LogP contribution in [0.1, 0.15) is 40.1 Å². The van der Waals surface area contributed by atoms with Gasteiger partial charge in [-0.1, -0.05) is 6.92 Å². The third kappa shape index (κ3) is 4.23. The van der Waals surface area contributed by atoms with Gasteiger partial charge in [0.25, 0.3) is 5.91 Å². The Balaban J connectivity index is 2.09. The van der Waals surface area contributed by atoms with Crippen molar-refractivity contribution in [3.05, 3.63) is 64.2 Å². The summed E-state index contributed by atoms with van der Waals surface area (Å²) >= 11 is 0. The van der Waals surface area contributed by atoms with E-state index in [1.54, 1.807) is 6.92 Å². The molecule has 0 heterocycles. The van der Waals surface area contributed by atoms with Crippen LogP contribution in [0.25, 0.3) is 0 Å². The molecule has 26 heavy (non-hydrogen) atoms. The summed E-state index contributed by atoms with van der Waals surface area (Å²) in [7, 11) is 0. The van der Waals surface area contributed by atoms with Crippen molar-refractivity contribution in [2.24, 2.45) is 0 Å². The molecule has 0 aliphatic carbocycles. The van der Waals surface area contributed by atoms with E-state index < -0.39 is 36.0 Å². The summed E-state index contributed by atoms with van der Waals surface area (Å²) in [5.41, 5.74) is 1.36. The third-order valence-corrected chi connectivity index (χ3v) is 4.10. The van der Waals surface area contributed by atoms with Gasteiger partial charge in [0.15, 0.2) is 11.9 Å². The highest BCUT2D eigenvalue weighted by molar-refractivity contribution is 6.01. The lowest BCUT2D eigenvalue weighted by Gasteiger charge is -2.14. The maximum atomic E-state index is 13.2. The second-order valence-corrected chi connectivity index (χ2v) is 5.84. The van der Waals surface area contributed by atoms with Crippen molar-refractivity contribution in [1.82, 2.24) is 5.32 Å². The Morgan fingerprint density at radius 2 is 1.77 bits per heavy atom. The molecule has 1 atom stereocenters. The summed E-state index contributed by atoms with van der Waals surface area (Å²) in [6.45, 7) is 3.12. The lowest BCUT2D eigenvalue weighted by atomic mass is 9.96. The van der Waals surface area contributed by atoms with Crippen LogP contribution in [0.3, 0.4) is 0 Å². The van der Waals surface area contributed by atoms with E-state index in [9.17, 15) is 28.6 Å². The highest BCUT2D eigenvalue weighted by atomic mass is 19.1. The van der Waals surface area contributed by atoms with Crippen LogP contribution in [0.15, 0.2) is 30.3 Å². The van der Waals surface area contributed by atoms with E-state index in [2.05, 4.69) is 5.32 Å². The molecular weight excluding hydrogens is 344 g/mol. The zero-order valence-corrected chi connectivity index (χ0v) is 14.3. The molecule has 0 saturated heterocycles. The molecule has 138 valence electrons. The van der Waals surface area contributed by atoms with Crippen LogP contribution in [0.4, 0.5) is 8.78 Å². The Morgan fingerprint density at radius 3 is 2.35 bits per heavy atom. The Bertz CT molecular complexity index is 831. The van der Waals surface area contributed by atoms with Gasteiger partial charge in [-0.3, -0.25) is 9.59 Å². The number of hydrogen-bond acceptors (Lipinski definition) is 4. The van der Waals surface area contributed by atoms with Gasteiger partial charge in [0.05, 0.1) is 6.54 Å². The normalized spacial score (nSPS) is 11.9. The van der Waals surface area contributed by atoms with Crippen LogP contribution in [0.2, 0.25) is 0 Å². The third-order valence-electron chi connectivity index (χ3n) is 4.10. The predicted octanol–water partition coefficient (Wildman–Crippen LogP) is 2.57. The predicted molar refractivity (Wildman–Crippen MR) is 90.9 cm³/mol. The zero-order valence-electron chi connectivity index (χ0n) is 14.3. The number of carbonyl (C=O) groups excluding carboxylic acids is 2. The topological polar surface area (TPSA) is 86.6 Å². The number of aliphatic hydroxyl groups is 1. The summed E-state index contributed by atoms with van der Waals surface area (Å²) in [6, 6.07) is 5.17. The molecule has 2 aromatic carbocycles. The molecule has 0 bridgehead atoms. The van der Waals surface area contributed by atoms with E-state index in [-0.39, 0.29) is 11.3 Å². The summed E-state index contributed by atoms with van der Waals surface area (Å²) in [5.74, 6) is -3.12. The highest BCUT2D eigenvalue weighted by Crippen LogP contribution is 2.24. The van der Waals surface area contributed by atoms with E-state index in [4.69, 9.17) is 0 Å². The molecule has 1 amide bonds. The van der Waals surface area contributed by atoms with Crippen LogP contribution in [0, 0.1) is 18.6 Å². The Morgan fingerprint density at radius 1 is 1.15 bits per heavy atom. The van der Waals surface area contributed by atoms with E-state index in [1.807, 2.05) is 6.92 Å². The molecule has 0 spiro atoms. The van der Waals surface area contributed by atoms with E-state index >= 15 is 0 Å². The van der Waals surface area contributed by atoms with Crippen molar-refractivity contribution < 1.29 is 28.6 Å². The number of aliphatic hydroxyl groups excluding tert-OH is 1. The van der Waals surface area contributed by atoms with Gasteiger partial charge >= 0.3 is 0 Å². The van der Waals surface area contributed by atoms with Gasteiger partial charge in [-0.25, -0.2) is 8.78 Å². The second kappa shape index (κ2) is 8.05. The first kappa shape index (κ1) is 19.5. The lowest BCUT2D eigenvalue weighted by molar-refractivity contribution is -0.129. The SMILES string of the molecule is CCc1c(C(=O)CNC(=O)[C@@H](O)c2cc(F)cc(F)c2)ccc(O)c1C. The van der Waals surface area contributed by atoms with Crippen molar-refractivity contribution in [2.75, 3.05) is 6.54 Å². The highest BCUT2D eigenvalue weighted by Gasteiger charge is 2.21. The number of Topliss-reactive ketones (excluding diaryl/α,β-unsaturated/α-hetero) is 1. The number of aromatic hydroxyl groups is 1. The second-order valence-electron chi connectivity index (χ2n) is 5.84. The smallest absolute Gasteiger partial charge is 0.253 e. The molecule has 5 nitrogen and oxygen atoms in total. The maximum Gasteiger partial charge on any atom is 0.253 e. The van der Waals surface area contributed by atoms with Crippen molar-refractivity contribution >= 4 is 11.7 Å². The number of phenols is 1. The van der Waals surface area contributed by atoms with E-state index in [0.29, 0.717) is 29.2 Å². The van der Waals surface area contributed by atoms with Gasteiger partial charge in [-0.2, -0.15) is 0 Å². The van der Waals surface area contributed by atoms with Gasteiger partial charge in [0.1, 0.15) is 17.4 Å². The van der Waals surface area contributed by atoms with Gasteiger partial charge in [0, 0.05) is 11.6 Å². The minimum atomic E-state index is -1.81. The largest absolute Gasteiger partial charge is 0.508 e. The first-order valence-electron chi connectivity index (χ1n) is 8.01. The number of phenolic OH excluding ortho intramolecular Hbond substituents is 1. The first-order valence-corrected chi connectivity index (χ1v) is 8.01. The number of amides is 1. The fourth-order valence-electron chi connectivity index (χ4n) is 2.71. The molecule has 0 radical (unpaired) electrons. The first-order chi connectivity index (χ1) is 12.2. The van der Waals surface area contributed by atoms with Gasteiger partial charge in [-0.15, -0.1) is 0 Å². The van der Waals surface area contributed by atoms with Crippen LogP contribution in [-0.2, 0) is 11.2 Å². The number of hydrogen-bond donors (Lipinski definition) is 3. The molecule has 0 aromatic heterocycles. The quantitative estimate of drug-likeness (QED) is 0.689. The Hall–Kier alpha value is -2.80. The van der Waals surface area contributed by atoms with E-state index in [1.165, 1.54) is 12.1 Å². The van der Waals surface area contributed by atoms with Gasteiger partial charge in [-0.05, 0) is 54.3 Å². The molecular formula is C19H19F2NO4. The fraction of sp³-hybridized carbons (Fsp3) is 0.263. The average Bonchev–Trinajstić information content (AvgIpc) is 2.59. The Kier molecular flexibility index (Phi) is 6.05. The molecule has 2 rings (SSSR count). The summed E-state index contributed by atoms with van der Waals surface area (Å²) < 4.78 is 26.4. The van der Waals surface area contributed by atoms with Crippen LogP contribution in [-0.4, -0.2) is 28.4 Å². The lowest BCUT2D eigenvalue weighted by Crippen LogP contribution is -2.34. The summed E-state index contributed by atoms with van der Waals surface area (Å²) in [5, 5.41) is 21.9. The molecule has 0 saturated carbocycles. The van der Waals surface area contributed by atoms with E-state index in [0.717, 1.165) is 12.1 Å². The number of ketones is 1. The van der Waals surface area contributed by atoms with Crippen molar-refractivity contribution in [3.8, 4) is 5.75 Å². The minimum absolute atomic E-state index is 0.0750. The van der Waals surface area contributed by atoms with Crippen LogP contribution < -0.4 is 5.32 Å². The van der Waals surface area contributed by atoms with Gasteiger partial charge < -0.3 is 15.5 Å². The summed E-state index contributed by atoms with van der Waals surface area (Å²) in [4.78, 5) is 24.3. The number of rotatable bonds is 6. The molecule has 0 aliphatic heterocycles. The molecule has 0 unspecified atom stereocenters. The molecule has 7 heteroatoms. The number of carbonyl (C=O) groups is 2. The maximum absolute atomic E-state index is 13.2. The number of halogens is 2. The monoisotopic (exact) mass is 363 g/mol. The number of nitrogens with one attached hydrogen (secondary N) is 1. The molecule has 0 aliphatic rings. The van der Waals surface area contributed by atoms with Crippen molar-refractivity contribution in [1.29, 1.82) is 0 Å². The van der Waals surface area contributed by atoms with Crippen LogP contribution in [0.5, 0.6) is 5.75 Å².